The second-order valence-electron chi connectivity index (χ2n) is 4.89. The van der Waals surface area contributed by atoms with Crippen LogP contribution in [0.5, 0.6) is 0 Å². The van der Waals surface area contributed by atoms with E-state index in [-0.39, 0.29) is 0 Å². The molecule has 0 saturated heterocycles. The van der Waals surface area contributed by atoms with Gasteiger partial charge in [-0.25, -0.2) is 0 Å². The number of rotatable bonds is 0. The number of hydrogen-bond donors (Lipinski definition) is 0. The molecule has 3 aromatic carbocycles. The lowest BCUT2D eigenvalue weighted by Crippen LogP contribution is -2.24. The quantitative estimate of drug-likeness (QED) is 0.340. The molecule has 88 valence electrons. The minimum Gasteiger partial charge on any atom is -0.364 e. The van der Waals surface area contributed by atoms with Crippen molar-refractivity contribution in [3.05, 3.63) is 53.2 Å². The Morgan fingerprint density at radius 3 is 2.44 bits per heavy atom. The number of nitrogens with zero attached hydrogens (tertiary/aromatic N) is 1. The van der Waals surface area contributed by atoms with Gasteiger partial charge in [0.1, 0.15) is 4.05 Å². The fraction of sp³-hybridized carbons (Fsp3) is 0.125. The molecule has 2 heteroatoms. The van der Waals surface area contributed by atoms with E-state index in [1.165, 1.54) is 32.3 Å². The van der Waals surface area contributed by atoms with Crippen LogP contribution >= 0.6 is 22.6 Å². The van der Waals surface area contributed by atoms with Crippen molar-refractivity contribution in [1.29, 1.82) is 0 Å². The molecule has 0 saturated carbocycles. The largest absolute Gasteiger partial charge is 0.364 e. The topological polar surface area (TPSA) is 3.24 Å². The van der Waals surface area contributed by atoms with E-state index >= 15 is 0 Å². The lowest BCUT2D eigenvalue weighted by Gasteiger charge is -2.28. The lowest BCUT2D eigenvalue weighted by molar-refractivity contribution is 0.494. The molecule has 4 rings (SSSR count). The van der Waals surface area contributed by atoms with E-state index in [0.717, 1.165) is 0 Å². The van der Waals surface area contributed by atoms with Crippen LogP contribution < -0.4 is 5.22 Å². The highest BCUT2D eigenvalue weighted by Gasteiger charge is 2.19. The van der Waals surface area contributed by atoms with E-state index in [4.69, 9.17) is 0 Å². The number of halogens is 1. The molecule has 1 unspecified atom stereocenters. The first kappa shape index (κ1) is 10.6. The smallest absolute Gasteiger partial charge is 0.106 e. The Balaban J connectivity index is 2.35. The van der Waals surface area contributed by atoms with Gasteiger partial charge < -0.3 is 4.90 Å². The van der Waals surface area contributed by atoms with Gasteiger partial charge in [-0.15, -0.1) is 0 Å². The van der Waals surface area contributed by atoms with Gasteiger partial charge in [-0.1, -0.05) is 65.1 Å². The standard InChI is InChI=1S/C16H12IN/c1-18-9-12-6-5-10-3-2-4-11-7-8-13(16(18)17)15(12)14(10)11/h2-9,16H,1H3. The normalized spacial score (nSPS) is 18.3. The first-order chi connectivity index (χ1) is 8.75. The third-order valence-corrected chi connectivity index (χ3v) is 5.35. The molecule has 0 amide bonds. The first-order valence-electron chi connectivity index (χ1n) is 6.07. The third kappa shape index (κ3) is 1.27. The Kier molecular flexibility index (Phi) is 2.13. The average Bonchev–Trinajstić information content (AvgIpc) is 2.40. The van der Waals surface area contributed by atoms with Gasteiger partial charge in [-0.3, -0.25) is 0 Å². The summed E-state index contributed by atoms with van der Waals surface area (Å²) in [5.74, 6) is 0. The third-order valence-electron chi connectivity index (χ3n) is 3.80. The van der Waals surface area contributed by atoms with Crippen LogP contribution in [0.3, 0.4) is 0 Å². The molecule has 18 heavy (non-hydrogen) atoms. The number of alkyl halides is 1. The SMILES string of the molecule is CN1C=c2ccc3cccc4ccc(c2c43)C1I. The van der Waals surface area contributed by atoms with Gasteiger partial charge in [0.25, 0.3) is 0 Å². The molecule has 0 aliphatic carbocycles. The van der Waals surface area contributed by atoms with Crippen molar-refractivity contribution in [2.45, 2.75) is 4.05 Å². The van der Waals surface area contributed by atoms with E-state index in [1.807, 2.05) is 0 Å². The van der Waals surface area contributed by atoms with E-state index in [0.29, 0.717) is 4.05 Å². The number of benzene rings is 3. The zero-order valence-corrected chi connectivity index (χ0v) is 12.2. The Labute approximate surface area is 119 Å². The molecule has 0 bridgehead atoms. The van der Waals surface area contributed by atoms with Crippen molar-refractivity contribution < 1.29 is 0 Å². The van der Waals surface area contributed by atoms with Crippen molar-refractivity contribution in [3.8, 4) is 0 Å². The molecule has 3 aromatic rings. The maximum Gasteiger partial charge on any atom is 0.106 e. The summed E-state index contributed by atoms with van der Waals surface area (Å²) in [5, 5.41) is 6.87. The van der Waals surface area contributed by atoms with Gasteiger partial charge >= 0.3 is 0 Å². The first-order valence-corrected chi connectivity index (χ1v) is 7.32. The average molecular weight is 345 g/mol. The summed E-state index contributed by atoms with van der Waals surface area (Å²) in [6.07, 6.45) is 2.26. The summed E-state index contributed by atoms with van der Waals surface area (Å²) in [6.45, 7) is 0. The molecule has 0 fully saturated rings. The maximum absolute atomic E-state index is 2.51. The van der Waals surface area contributed by atoms with Crippen LogP contribution in [0.15, 0.2) is 42.5 Å². The molecule has 1 aliphatic heterocycles. The second kappa shape index (κ2) is 3.60. The predicted octanol–water partition coefficient (Wildman–Crippen LogP) is 3.83. The van der Waals surface area contributed by atoms with Crippen molar-refractivity contribution in [2.75, 3.05) is 7.05 Å². The Morgan fingerprint density at radius 1 is 0.944 bits per heavy atom. The van der Waals surface area contributed by atoms with Crippen LogP contribution in [0, 0.1) is 0 Å². The number of hydrogen-bond acceptors (Lipinski definition) is 1. The minimum atomic E-state index is 0.422. The molecular weight excluding hydrogens is 333 g/mol. The molecule has 1 heterocycles. The van der Waals surface area contributed by atoms with Gasteiger partial charge in [-0.2, -0.15) is 0 Å². The molecule has 0 spiro atoms. The molecule has 0 radical (unpaired) electrons. The van der Waals surface area contributed by atoms with Crippen LogP contribution in [0.1, 0.15) is 9.61 Å². The van der Waals surface area contributed by atoms with E-state index in [9.17, 15) is 0 Å². The van der Waals surface area contributed by atoms with Gasteiger partial charge in [0, 0.05) is 13.2 Å². The monoisotopic (exact) mass is 345 g/mol. The van der Waals surface area contributed by atoms with Crippen LogP contribution in [0.2, 0.25) is 0 Å². The van der Waals surface area contributed by atoms with Crippen molar-refractivity contribution in [3.63, 3.8) is 0 Å². The van der Waals surface area contributed by atoms with Crippen LogP contribution in [0.4, 0.5) is 0 Å². The van der Waals surface area contributed by atoms with Gasteiger partial charge in [-0.05, 0) is 32.3 Å². The maximum atomic E-state index is 2.51. The van der Waals surface area contributed by atoms with Gasteiger partial charge in [0.05, 0.1) is 0 Å². The van der Waals surface area contributed by atoms with E-state index < -0.39 is 0 Å². The lowest BCUT2D eigenvalue weighted by atomic mass is 9.94. The molecule has 1 atom stereocenters. The highest BCUT2D eigenvalue weighted by Crippen LogP contribution is 2.37. The summed E-state index contributed by atoms with van der Waals surface area (Å²) in [5.41, 5.74) is 1.43. The van der Waals surface area contributed by atoms with Gasteiger partial charge in [0.2, 0.25) is 0 Å². The molecular formula is C16H12IN. The van der Waals surface area contributed by atoms with Crippen LogP contribution in [0.25, 0.3) is 27.7 Å². The summed E-state index contributed by atoms with van der Waals surface area (Å²) >= 11 is 2.51. The highest BCUT2D eigenvalue weighted by atomic mass is 127. The highest BCUT2D eigenvalue weighted by molar-refractivity contribution is 14.1. The van der Waals surface area contributed by atoms with E-state index in [1.54, 1.807) is 0 Å². The van der Waals surface area contributed by atoms with E-state index in [2.05, 4.69) is 83.2 Å². The Hall–Kier alpha value is -1.29. The van der Waals surface area contributed by atoms with Crippen LogP contribution in [-0.2, 0) is 0 Å². The zero-order valence-electron chi connectivity index (χ0n) is 10.0. The van der Waals surface area contributed by atoms with Crippen molar-refractivity contribution in [1.82, 2.24) is 4.90 Å². The summed E-state index contributed by atoms with van der Waals surface area (Å²) in [4.78, 5) is 2.28. The Morgan fingerprint density at radius 2 is 1.67 bits per heavy atom. The van der Waals surface area contributed by atoms with Crippen molar-refractivity contribution >= 4 is 50.3 Å². The molecule has 0 N–H and O–H groups in total. The zero-order chi connectivity index (χ0) is 12.3. The summed E-state index contributed by atoms with van der Waals surface area (Å²) in [7, 11) is 2.14. The second-order valence-corrected chi connectivity index (χ2v) is 6.07. The predicted molar refractivity (Wildman–Crippen MR) is 85.7 cm³/mol. The molecule has 0 aromatic heterocycles. The summed E-state index contributed by atoms with van der Waals surface area (Å²) < 4.78 is 0.422. The Bertz CT molecular complexity index is 806. The minimum absolute atomic E-state index is 0.422. The van der Waals surface area contributed by atoms with Crippen LogP contribution in [-0.4, -0.2) is 11.9 Å². The fourth-order valence-electron chi connectivity index (χ4n) is 2.95. The van der Waals surface area contributed by atoms with Gasteiger partial charge in [0.15, 0.2) is 0 Å². The molecule has 1 nitrogen and oxygen atoms in total. The summed E-state index contributed by atoms with van der Waals surface area (Å²) in [6, 6.07) is 15.5. The van der Waals surface area contributed by atoms with Crippen molar-refractivity contribution in [2.24, 2.45) is 0 Å². The molecule has 1 aliphatic rings. The fourth-order valence-corrected chi connectivity index (χ4v) is 3.63.